The van der Waals surface area contributed by atoms with Gasteiger partial charge in [-0.15, -0.1) is 0 Å². The number of esters is 1. The third-order valence-corrected chi connectivity index (χ3v) is 4.82. The maximum atomic E-state index is 12.4. The minimum absolute atomic E-state index is 0.373. The molecule has 8 heteroatoms. The van der Waals surface area contributed by atoms with Crippen molar-refractivity contribution in [2.45, 2.75) is 25.9 Å². The van der Waals surface area contributed by atoms with Gasteiger partial charge in [-0.05, 0) is 38.0 Å². The second kappa shape index (κ2) is 8.05. The number of fused-ring (bicyclic) bond motifs is 1. The molecule has 1 aromatic carbocycles. The van der Waals surface area contributed by atoms with Crippen LogP contribution in [0.15, 0.2) is 36.4 Å². The first kappa shape index (κ1) is 19.3. The number of nitrogens with zero attached hydrogens (tertiary/aromatic N) is 2. The highest BCUT2D eigenvalue weighted by atomic mass is 16.5. The summed E-state index contributed by atoms with van der Waals surface area (Å²) in [6.45, 7) is 0.880. The van der Waals surface area contributed by atoms with Gasteiger partial charge in [0.2, 0.25) is 11.8 Å². The minimum Gasteiger partial charge on any atom is -0.451 e. The number of carbonyl (C=O) groups is 4. The van der Waals surface area contributed by atoms with Crippen LogP contribution in [0.3, 0.4) is 0 Å². The number of nitriles is 1. The van der Waals surface area contributed by atoms with Crippen LogP contribution < -0.4 is 5.32 Å². The minimum atomic E-state index is -1.13. The zero-order valence-electron chi connectivity index (χ0n) is 15.3. The summed E-state index contributed by atoms with van der Waals surface area (Å²) in [5.41, 5.74) is 0.776. The van der Waals surface area contributed by atoms with E-state index in [0.717, 1.165) is 4.90 Å². The van der Waals surface area contributed by atoms with Gasteiger partial charge in [0, 0.05) is 5.69 Å². The van der Waals surface area contributed by atoms with Gasteiger partial charge in [0.15, 0.2) is 6.10 Å². The van der Waals surface area contributed by atoms with Gasteiger partial charge in [-0.2, -0.15) is 5.26 Å². The number of likely N-dealkylation sites (tertiary alicyclic amines) is 1. The van der Waals surface area contributed by atoms with E-state index in [1.165, 1.54) is 13.0 Å². The van der Waals surface area contributed by atoms with Gasteiger partial charge in [-0.25, -0.2) is 0 Å². The normalized spacial score (nSPS) is 21.6. The topological polar surface area (TPSA) is 117 Å². The van der Waals surface area contributed by atoms with Gasteiger partial charge in [0.25, 0.3) is 5.91 Å². The quantitative estimate of drug-likeness (QED) is 0.468. The van der Waals surface area contributed by atoms with E-state index < -0.39 is 36.4 Å². The standard InChI is InChI=1S/C20H19N3O5/c1-12(18(25)22-14-6-4-5-13(9-14)10-21)28-17(24)11-23-19(26)15-7-2-3-8-16(15)20(23)27/h2-6,9,12,15-16H,7-8,11H2,1H3,(H,22,25)/t12-,15-,16+/m0/s1. The maximum Gasteiger partial charge on any atom is 0.326 e. The fraction of sp³-hybridized carbons (Fsp3) is 0.350. The molecule has 0 aromatic heterocycles. The molecule has 1 N–H and O–H groups in total. The lowest BCUT2D eigenvalue weighted by Crippen LogP contribution is -2.39. The smallest absolute Gasteiger partial charge is 0.326 e. The summed E-state index contributed by atoms with van der Waals surface area (Å²) >= 11 is 0. The fourth-order valence-electron chi connectivity index (χ4n) is 3.35. The van der Waals surface area contributed by atoms with Crippen LogP contribution in [0.1, 0.15) is 25.3 Å². The maximum absolute atomic E-state index is 12.4. The number of hydrogen-bond donors (Lipinski definition) is 1. The molecule has 1 aliphatic heterocycles. The summed E-state index contributed by atoms with van der Waals surface area (Å²) in [5.74, 6) is -3.00. The third-order valence-electron chi connectivity index (χ3n) is 4.82. The molecule has 1 fully saturated rings. The lowest BCUT2D eigenvalue weighted by atomic mass is 9.85. The molecule has 0 spiro atoms. The lowest BCUT2D eigenvalue weighted by Gasteiger charge is -2.17. The summed E-state index contributed by atoms with van der Waals surface area (Å²) in [6.07, 6.45) is 3.57. The van der Waals surface area contributed by atoms with Crippen molar-refractivity contribution in [3.63, 3.8) is 0 Å². The predicted octanol–water partition coefficient (Wildman–Crippen LogP) is 1.38. The Labute approximate surface area is 161 Å². The molecule has 28 heavy (non-hydrogen) atoms. The van der Waals surface area contributed by atoms with Crippen LogP contribution in [0, 0.1) is 23.2 Å². The summed E-state index contributed by atoms with van der Waals surface area (Å²) < 4.78 is 5.08. The first-order valence-electron chi connectivity index (χ1n) is 8.91. The highest BCUT2D eigenvalue weighted by Gasteiger charge is 2.47. The van der Waals surface area contributed by atoms with Crippen molar-refractivity contribution in [2.75, 3.05) is 11.9 Å². The number of benzene rings is 1. The predicted molar refractivity (Wildman–Crippen MR) is 97.4 cm³/mol. The van der Waals surface area contributed by atoms with Crippen LogP contribution in [-0.2, 0) is 23.9 Å². The van der Waals surface area contributed by atoms with E-state index in [0.29, 0.717) is 24.1 Å². The second-order valence-electron chi connectivity index (χ2n) is 6.73. The van der Waals surface area contributed by atoms with Gasteiger partial charge < -0.3 is 10.1 Å². The van der Waals surface area contributed by atoms with Crippen LogP contribution in [0.2, 0.25) is 0 Å². The molecule has 3 atom stereocenters. The van der Waals surface area contributed by atoms with Crippen LogP contribution in [0.25, 0.3) is 0 Å². The van der Waals surface area contributed by atoms with Crippen molar-refractivity contribution in [3.05, 3.63) is 42.0 Å². The first-order valence-corrected chi connectivity index (χ1v) is 8.91. The van der Waals surface area contributed by atoms with Crippen molar-refractivity contribution in [2.24, 2.45) is 11.8 Å². The number of anilines is 1. The summed E-state index contributed by atoms with van der Waals surface area (Å²) in [5, 5.41) is 11.4. The average molecular weight is 381 g/mol. The number of hydrogen-bond acceptors (Lipinski definition) is 6. The Morgan fingerprint density at radius 2 is 1.89 bits per heavy atom. The number of carbonyl (C=O) groups excluding carboxylic acids is 4. The highest BCUT2D eigenvalue weighted by molar-refractivity contribution is 6.07. The van der Waals surface area contributed by atoms with Gasteiger partial charge >= 0.3 is 5.97 Å². The Morgan fingerprint density at radius 3 is 2.50 bits per heavy atom. The molecular formula is C20H19N3O5. The van der Waals surface area contributed by atoms with E-state index in [9.17, 15) is 19.2 Å². The van der Waals surface area contributed by atoms with E-state index in [-0.39, 0.29) is 11.8 Å². The SMILES string of the molecule is C[C@H](OC(=O)CN1C(=O)[C@H]2CC=CC[C@H]2C1=O)C(=O)Nc1cccc(C#N)c1. The molecule has 0 unspecified atom stereocenters. The summed E-state index contributed by atoms with van der Waals surface area (Å²) in [6, 6.07) is 8.26. The van der Waals surface area contributed by atoms with Crippen molar-refractivity contribution in [3.8, 4) is 6.07 Å². The van der Waals surface area contributed by atoms with E-state index in [4.69, 9.17) is 10.00 Å². The molecule has 3 amide bonds. The van der Waals surface area contributed by atoms with Crippen LogP contribution in [-0.4, -0.2) is 41.2 Å². The Bertz CT molecular complexity index is 875. The van der Waals surface area contributed by atoms with Gasteiger partial charge in [-0.1, -0.05) is 18.2 Å². The summed E-state index contributed by atoms with van der Waals surface area (Å²) in [7, 11) is 0. The molecule has 0 saturated carbocycles. The third kappa shape index (κ3) is 3.93. The number of allylic oxidation sites excluding steroid dienone is 2. The lowest BCUT2D eigenvalue weighted by molar-refractivity contribution is -0.158. The van der Waals surface area contributed by atoms with E-state index in [2.05, 4.69) is 5.32 Å². The van der Waals surface area contributed by atoms with E-state index in [1.54, 1.807) is 18.2 Å². The van der Waals surface area contributed by atoms with E-state index in [1.807, 2.05) is 18.2 Å². The van der Waals surface area contributed by atoms with Gasteiger partial charge in [0.1, 0.15) is 6.54 Å². The van der Waals surface area contributed by atoms with Crippen molar-refractivity contribution >= 4 is 29.4 Å². The zero-order valence-corrected chi connectivity index (χ0v) is 15.3. The fourth-order valence-corrected chi connectivity index (χ4v) is 3.35. The Morgan fingerprint density at radius 1 is 1.25 bits per heavy atom. The zero-order chi connectivity index (χ0) is 20.3. The number of ether oxygens (including phenoxy) is 1. The summed E-state index contributed by atoms with van der Waals surface area (Å²) in [4.78, 5) is 50.0. The molecule has 1 aromatic rings. The number of rotatable bonds is 5. The van der Waals surface area contributed by atoms with Crippen molar-refractivity contribution < 1.29 is 23.9 Å². The van der Waals surface area contributed by atoms with Crippen LogP contribution in [0.4, 0.5) is 5.69 Å². The number of amides is 3. The van der Waals surface area contributed by atoms with Crippen LogP contribution in [0.5, 0.6) is 0 Å². The largest absolute Gasteiger partial charge is 0.451 e. The Hall–Kier alpha value is -3.47. The molecule has 1 saturated heterocycles. The second-order valence-corrected chi connectivity index (χ2v) is 6.73. The molecule has 0 radical (unpaired) electrons. The molecule has 1 aliphatic carbocycles. The Balaban J connectivity index is 1.55. The van der Waals surface area contributed by atoms with Gasteiger partial charge in [-0.3, -0.25) is 24.1 Å². The molecule has 2 aliphatic rings. The number of imide groups is 1. The molecule has 1 heterocycles. The van der Waals surface area contributed by atoms with Crippen molar-refractivity contribution in [1.29, 1.82) is 5.26 Å². The Kier molecular flexibility index (Phi) is 5.54. The van der Waals surface area contributed by atoms with Gasteiger partial charge in [0.05, 0.1) is 23.5 Å². The average Bonchev–Trinajstić information content (AvgIpc) is 2.93. The number of nitrogens with one attached hydrogen (secondary N) is 1. The molecule has 144 valence electrons. The molecule has 8 nitrogen and oxygen atoms in total. The molecule has 0 bridgehead atoms. The molecular weight excluding hydrogens is 362 g/mol. The van der Waals surface area contributed by atoms with Crippen LogP contribution >= 0.6 is 0 Å². The monoisotopic (exact) mass is 381 g/mol. The molecule has 3 rings (SSSR count). The highest BCUT2D eigenvalue weighted by Crippen LogP contribution is 2.34. The van der Waals surface area contributed by atoms with E-state index >= 15 is 0 Å². The first-order chi connectivity index (χ1) is 13.4. The van der Waals surface area contributed by atoms with Crippen molar-refractivity contribution in [1.82, 2.24) is 4.90 Å².